The summed E-state index contributed by atoms with van der Waals surface area (Å²) in [6.07, 6.45) is 1.22. The molecule has 4 rings (SSSR count). The van der Waals surface area contributed by atoms with Gasteiger partial charge >= 0.3 is 0 Å². The Morgan fingerprint density at radius 3 is 2.42 bits per heavy atom. The van der Waals surface area contributed by atoms with Gasteiger partial charge in [-0.3, -0.25) is 0 Å². The first-order valence-electron chi connectivity index (χ1n) is 10.5. The average Bonchev–Trinajstić information content (AvgIpc) is 3.18. The summed E-state index contributed by atoms with van der Waals surface area (Å²) < 4.78 is 27.3. The number of hydrogen-bond donors (Lipinski definition) is 2. The molecule has 0 unspecified atom stereocenters. The number of rotatable bonds is 8. The zero-order valence-electron chi connectivity index (χ0n) is 18.8. The molecule has 3 aromatic carbocycles. The summed E-state index contributed by atoms with van der Waals surface area (Å²) in [7, 11) is 5.01. The van der Waals surface area contributed by atoms with Crippen LogP contribution in [0.2, 0.25) is 0 Å². The number of nitrogens with one attached hydrogen (secondary N) is 1. The molecule has 0 aliphatic carbocycles. The van der Waals surface area contributed by atoms with Gasteiger partial charge in [-0.2, -0.15) is 0 Å². The number of ether oxygens (including phenoxy) is 2. The van der Waals surface area contributed by atoms with Crippen molar-refractivity contribution < 1.29 is 19.0 Å². The summed E-state index contributed by atoms with van der Waals surface area (Å²) in [5, 5.41) is 15.1. The second-order valence-corrected chi connectivity index (χ2v) is 7.63. The van der Waals surface area contributed by atoms with Gasteiger partial charge in [-0.15, -0.1) is 12.4 Å². The van der Waals surface area contributed by atoms with Gasteiger partial charge in [0.1, 0.15) is 5.82 Å². The third-order valence-corrected chi connectivity index (χ3v) is 5.70. The Morgan fingerprint density at radius 2 is 1.73 bits per heavy atom. The lowest BCUT2D eigenvalue weighted by Gasteiger charge is -2.26. The van der Waals surface area contributed by atoms with E-state index in [4.69, 9.17) is 9.47 Å². The van der Waals surface area contributed by atoms with Crippen LogP contribution in [0.4, 0.5) is 4.39 Å². The molecule has 1 heterocycles. The van der Waals surface area contributed by atoms with E-state index < -0.39 is 12.1 Å². The molecular weight excluding hydrogens is 443 g/mol. The fraction of sp³-hybridized carbons (Fsp3) is 0.231. The van der Waals surface area contributed by atoms with Crippen molar-refractivity contribution in [2.45, 2.75) is 12.1 Å². The zero-order valence-corrected chi connectivity index (χ0v) is 19.6. The van der Waals surface area contributed by atoms with E-state index in [1.807, 2.05) is 59.3 Å². The first kappa shape index (κ1) is 24.6. The van der Waals surface area contributed by atoms with E-state index in [1.165, 1.54) is 12.1 Å². The molecule has 0 aliphatic rings. The van der Waals surface area contributed by atoms with Crippen molar-refractivity contribution in [1.29, 1.82) is 0 Å². The molecule has 0 aliphatic heterocycles. The van der Waals surface area contributed by atoms with Gasteiger partial charge in [0.05, 0.1) is 26.4 Å². The number of halogens is 2. The summed E-state index contributed by atoms with van der Waals surface area (Å²) in [5.74, 6) is 0.935. The number of likely N-dealkylation sites (N-methyl/N-ethyl adjacent to an activating group) is 1. The number of benzene rings is 3. The second kappa shape index (κ2) is 10.7. The van der Waals surface area contributed by atoms with Crippen molar-refractivity contribution in [1.82, 2.24) is 9.88 Å². The molecule has 2 atom stereocenters. The lowest BCUT2D eigenvalue weighted by atomic mass is 10.0. The molecule has 0 bridgehead atoms. The Kier molecular flexibility index (Phi) is 7.97. The number of methoxy groups -OCH3 is 2. The lowest BCUT2D eigenvalue weighted by molar-refractivity contribution is 0.132. The average molecular weight is 471 g/mol. The zero-order chi connectivity index (χ0) is 22.7. The molecule has 33 heavy (non-hydrogen) atoms. The standard InChI is InChI=1S/C26H27FN2O3.ClH/c1-28-15-23(30)25(17-8-6-9-18(27)14-17)29-16-21(19-10-4-5-12-22(19)29)20-11-7-13-24(31-2)26(20)32-3;/h4-14,16,23,25,28,30H,15H2,1-3H3;1H/t23-,25+;/m1./s1. The Hall–Kier alpha value is -3.06. The van der Waals surface area contributed by atoms with Gasteiger partial charge in [0.2, 0.25) is 0 Å². The quantitative estimate of drug-likeness (QED) is 0.378. The predicted octanol–water partition coefficient (Wildman–Crippen LogP) is 5.06. The minimum atomic E-state index is -0.780. The maximum atomic E-state index is 14.1. The van der Waals surface area contributed by atoms with E-state index in [2.05, 4.69) is 5.32 Å². The molecule has 0 saturated carbocycles. The van der Waals surface area contributed by atoms with Gasteiger partial charge in [0.15, 0.2) is 11.5 Å². The van der Waals surface area contributed by atoms with Gasteiger partial charge in [-0.25, -0.2) is 4.39 Å². The van der Waals surface area contributed by atoms with Crippen LogP contribution in [0.25, 0.3) is 22.0 Å². The van der Waals surface area contributed by atoms with Crippen LogP contribution in [-0.2, 0) is 0 Å². The van der Waals surface area contributed by atoms with E-state index in [0.717, 1.165) is 22.0 Å². The summed E-state index contributed by atoms with van der Waals surface area (Å²) >= 11 is 0. The van der Waals surface area contributed by atoms with Crippen molar-refractivity contribution in [3.63, 3.8) is 0 Å². The second-order valence-electron chi connectivity index (χ2n) is 7.63. The summed E-state index contributed by atoms with van der Waals surface area (Å²) in [5.41, 5.74) is 3.44. The first-order valence-corrected chi connectivity index (χ1v) is 10.5. The highest BCUT2D eigenvalue weighted by atomic mass is 35.5. The Labute approximate surface area is 199 Å². The van der Waals surface area contributed by atoms with E-state index >= 15 is 0 Å². The third-order valence-electron chi connectivity index (χ3n) is 5.70. The fourth-order valence-electron chi connectivity index (χ4n) is 4.33. The minimum Gasteiger partial charge on any atom is -0.493 e. The van der Waals surface area contributed by atoms with E-state index in [9.17, 15) is 9.50 Å². The lowest BCUT2D eigenvalue weighted by Crippen LogP contribution is -2.33. The van der Waals surface area contributed by atoms with Crippen molar-refractivity contribution in [3.8, 4) is 22.6 Å². The van der Waals surface area contributed by atoms with E-state index in [0.29, 0.717) is 23.6 Å². The molecule has 0 radical (unpaired) electrons. The molecule has 2 N–H and O–H groups in total. The van der Waals surface area contributed by atoms with Gasteiger partial charge in [0, 0.05) is 34.8 Å². The number of hydrogen-bond acceptors (Lipinski definition) is 4. The van der Waals surface area contributed by atoms with E-state index in [1.54, 1.807) is 27.3 Å². The van der Waals surface area contributed by atoms with Crippen LogP contribution in [0, 0.1) is 5.82 Å². The van der Waals surface area contributed by atoms with Crippen LogP contribution in [0.5, 0.6) is 11.5 Å². The number of aromatic nitrogens is 1. The molecule has 0 amide bonds. The SMILES string of the molecule is CNC[C@@H](O)[C@H](c1cccc(F)c1)n1cc(-c2cccc(OC)c2OC)c2ccccc21.Cl. The van der Waals surface area contributed by atoms with Crippen LogP contribution < -0.4 is 14.8 Å². The fourth-order valence-corrected chi connectivity index (χ4v) is 4.33. The number of nitrogens with zero attached hydrogens (tertiary/aromatic N) is 1. The van der Waals surface area contributed by atoms with Crippen LogP contribution in [-0.4, -0.2) is 43.6 Å². The predicted molar refractivity (Wildman–Crippen MR) is 132 cm³/mol. The molecule has 174 valence electrons. The molecule has 5 nitrogen and oxygen atoms in total. The van der Waals surface area contributed by atoms with Crippen LogP contribution in [0.1, 0.15) is 11.6 Å². The largest absolute Gasteiger partial charge is 0.493 e. The first-order chi connectivity index (χ1) is 15.6. The molecule has 0 fully saturated rings. The smallest absolute Gasteiger partial charge is 0.168 e. The summed E-state index contributed by atoms with van der Waals surface area (Å²) in [6, 6.07) is 19.6. The Balaban J connectivity index is 0.00000306. The number of aliphatic hydroxyl groups is 1. The van der Waals surface area contributed by atoms with Crippen LogP contribution in [0.15, 0.2) is 72.9 Å². The van der Waals surface area contributed by atoms with E-state index in [-0.39, 0.29) is 18.2 Å². The summed E-state index contributed by atoms with van der Waals surface area (Å²) in [4.78, 5) is 0. The third kappa shape index (κ3) is 4.69. The van der Waals surface area contributed by atoms with Crippen molar-refractivity contribution in [2.75, 3.05) is 27.8 Å². The number of fused-ring (bicyclic) bond motifs is 1. The molecule has 0 spiro atoms. The molecule has 7 heteroatoms. The highest BCUT2D eigenvalue weighted by molar-refractivity contribution is 5.98. The van der Waals surface area contributed by atoms with Crippen molar-refractivity contribution in [3.05, 3.63) is 84.3 Å². The van der Waals surface area contributed by atoms with Crippen LogP contribution >= 0.6 is 12.4 Å². The summed E-state index contributed by atoms with van der Waals surface area (Å²) in [6.45, 7) is 0.353. The Bertz CT molecular complexity index is 1230. The minimum absolute atomic E-state index is 0. The maximum absolute atomic E-state index is 14.1. The van der Waals surface area contributed by atoms with Gasteiger partial charge in [0.25, 0.3) is 0 Å². The molecule has 0 saturated heterocycles. The number of aliphatic hydroxyl groups excluding tert-OH is 1. The normalized spacial score (nSPS) is 12.8. The van der Waals surface area contributed by atoms with Crippen molar-refractivity contribution >= 4 is 23.3 Å². The molecule has 4 aromatic rings. The highest BCUT2D eigenvalue weighted by Gasteiger charge is 2.26. The Morgan fingerprint density at radius 1 is 0.970 bits per heavy atom. The molecule has 1 aromatic heterocycles. The maximum Gasteiger partial charge on any atom is 0.168 e. The topological polar surface area (TPSA) is 55.7 Å². The van der Waals surface area contributed by atoms with Gasteiger partial charge < -0.3 is 24.5 Å². The van der Waals surface area contributed by atoms with Crippen molar-refractivity contribution in [2.24, 2.45) is 0 Å². The highest BCUT2D eigenvalue weighted by Crippen LogP contribution is 2.42. The monoisotopic (exact) mass is 470 g/mol. The van der Waals surface area contributed by atoms with Gasteiger partial charge in [-0.05, 0) is 36.9 Å². The van der Waals surface area contributed by atoms with Crippen LogP contribution in [0.3, 0.4) is 0 Å². The number of para-hydroxylation sites is 2. The molecular formula is C26H28ClFN2O3. The van der Waals surface area contributed by atoms with Gasteiger partial charge in [-0.1, -0.05) is 42.5 Å².